The number of carbonyl (C=O) groups excluding carboxylic acids is 2. The Morgan fingerprint density at radius 2 is 1.78 bits per heavy atom. The van der Waals surface area contributed by atoms with Gasteiger partial charge in [0.25, 0.3) is 0 Å². The molecule has 6 nitrogen and oxygen atoms in total. The van der Waals surface area contributed by atoms with Crippen LogP contribution in [0.25, 0.3) is 0 Å². The second-order valence-corrected chi connectivity index (χ2v) is 7.28. The van der Waals surface area contributed by atoms with Gasteiger partial charge in [0, 0.05) is 10.6 Å². The van der Waals surface area contributed by atoms with Gasteiger partial charge in [-0.25, -0.2) is 9.59 Å². The molecule has 0 unspecified atom stereocenters. The lowest BCUT2D eigenvalue weighted by atomic mass is 9.95. The van der Waals surface area contributed by atoms with Crippen LogP contribution in [0.5, 0.6) is 5.75 Å². The molecule has 0 saturated heterocycles. The number of benzene rings is 1. The maximum atomic E-state index is 12.4. The smallest absolute Gasteiger partial charge is 0.341 e. The van der Waals surface area contributed by atoms with Crippen LogP contribution in [-0.4, -0.2) is 25.2 Å². The molecule has 1 aromatic carbocycles. The number of fused-ring (bicyclic) bond motifs is 1. The van der Waals surface area contributed by atoms with Crippen LogP contribution in [0.2, 0.25) is 0 Å². The van der Waals surface area contributed by atoms with Crippen LogP contribution in [0.1, 0.15) is 47.5 Å². The lowest BCUT2D eigenvalue weighted by Crippen LogP contribution is -2.20. The maximum Gasteiger partial charge on any atom is 0.341 e. The summed E-state index contributed by atoms with van der Waals surface area (Å²) in [7, 11) is 0. The van der Waals surface area contributed by atoms with E-state index in [0.717, 1.165) is 37.0 Å². The lowest BCUT2D eigenvalue weighted by Gasteiger charge is -2.12. The molecular weight excluding hydrogens is 364 g/mol. The van der Waals surface area contributed by atoms with Crippen molar-refractivity contribution >= 4 is 34.0 Å². The van der Waals surface area contributed by atoms with E-state index in [-0.39, 0.29) is 12.0 Å². The molecule has 2 N–H and O–H groups in total. The van der Waals surface area contributed by atoms with Crippen LogP contribution >= 0.6 is 11.3 Å². The number of amides is 2. The van der Waals surface area contributed by atoms with Crippen LogP contribution < -0.4 is 15.4 Å². The van der Waals surface area contributed by atoms with Crippen molar-refractivity contribution in [3.63, 3.8) is 0 Å². The Bertz CT molecular complexity index is 814. The van der Waals surface area contributed by atoms with Gasteiger partial charge in [0.1, 0.15) is 10.8 Å². The molecule has 0 spiro atoms. The number of nitrogens with one attached hydrogen (secondary N) is 2. The van der Waals surface area contributed by atoms with Gasteiger partial charge in [-0.05, 0) is 69.4 Å². The summed E-state index contributed by atoms with van der Waals surface area (Å²) in [6.07, 6.45) is 3.94. The molecule has 144 valence electrons. The SMILES string of the molecule is CCOC(=O)c1c(NC(=O)Nc2ccc(OCC)cc2)sc2c1CCCC2. The van der Waals surface area contributed by atoms with E-state index < -0.39 is 0 Å². The molecule has 2 aromatic rings. The average molecular weight is 388 g/mol. The van der Waals surface area contributed by atoms with Gasteiger partial charge in [-0.1, -0.05) is 0 Å². The van der Waals surface area contributed by atoms with Gasteiger partial charge < -0.3 is 14.8 Å². The topological polar surface area (TPSA) is 76.7 Å². The number of rotatable bonds is 6. The molecule has 7 heteroatoms. The molecule has 1 aromatic heterocycles. The summed E-state index contributed by atoms with van der Waals surface area (Å²) in [5.74, 6) is 0.382. The van der Waals surface area contributed by atoms with Gasteiger partial charge in [0.2, 0.25) is 0 Å². The zero-order valence-electron chi connectivity index (χ0n) is 15.6. The third-order valence-corrected chi connectivity index (χ3v) is 5.51. The Morgan fingerprint density at radius 3 is 2.48 bits per heavy atom. The minimum absolute atomic E-state index is 0.307. The number of ether oxygens (including phenoxy) is 2. The van der Waals surface area contributed by atoms with Crippen molar-refractivity contribution < 1.29 is 19.1 Å². The Hall–Kier alpha value is -2.54. The van der Waals surface area contributed by atoms with Crippen molar-refractivity contribution in [2.45, 2.75) is 39.5 Å². The number of esters is 1. The van der Waals surface area contributed by atoms with Crippen LogP contribution in [0, 0.1) is 0 Å². The van der Waals surface area contributed by atoms with Gasteiger partial charge in [-0.3, -0.25) is 5.32 Å². The highest BCUT2D eigenvalue weighted by atomic mass is 32.1. The van der Waals surface area contributed by atoms with Gasteiger partial charge >= 0.3 is 12.0 Å². The highest BCUT2D eigenvalue weighted by Crippen LogP contribution is 2.38. The quantitative estimate of drug-likeness (QED) is 0.694. The van der Waals surface area contributed by atoms with Crippen molar-refractivity contribution in [3.8, 4) is 5.75 Å². The van der Waals surface area contributed by atoms with Crippen LogP contribution in [-0.2, 0) is 17.6 Å². The maximum absolute atomic E-state index is 12.4. The van der Waals surface area contributed by atoms with E-state index in [0.29, 0.717) is 29.5 Å². The van der Waals surface area contributed by atoms with Gasteiger partial charge in [-0.2, -0.15) is 0 Å². The van der Waals surface area contributed by atoms with E-state index in [1.54, 1.807) is 31.2 Å². The van der Waals surface area contributed by atoms with E-state index in [1.807, 2.05) is 6.92 Å². The van der Waals surface area contributed by atoms with Crippen LogP contribution in [0.4, 0.5) is 15.5 Å². The number of urea groups is 1. The van der Waals surface area contributed by atoms with Gasteiger partial charge in [0.05, 0.1) is 18.8 Å². The monoisotopic (exact) mass is 388 g/mol. The van der Waals surface area contributed by atoms with Crippen molar-refractivity contribution in [1.82, 2.24) is 0 Å². The molecule has 0 bridgehead atoms. The zero-order valence-corrected chi connectivity index (χ0v) is 16.4. The third-order valence-electron chi connectivity index (χ3n) is 4.30. The fourth-order valence-corrected chi connectivity index (χ4v) is 4.41. The van der Waals surface area contributed by atoms with Crippen molar-refractivity contribution in [3.05, 3.63) is 40.3 Å². The molecule has 0 saturated carbocycles. The Balaban J connectivity index is 1.75. The van der Waals surface area contributed by atoms with E-state index in [9.17, 15) is 9.59 Å². The fraction of sp³-hybridized carbons (Fsp3) is 0.400. The summed E-state index contributed by atoms with van der Waals surface area (Å²) in [6.45, 7) is 4.60. The Morgan fingerprint density at radius 1 is 1.04 bits per heavy atom. The largest absolute Gasteiger partial charge is 0.494 e. The molecule has 2 amide bonds. The second kappa shape index (κ2) is 8.90. The first-order valence-electron chi connectivity index (χ1n) is 9.24. The highest BCUT2D eigenvalue weighted by Gasteiger charge is 2.27. The van der Waals surface area contributed by atoms with E-state index in [2.05, 4.69) is 10.6 Å². The van der Waals surface area contributed by atoms with Crippen molar-refractivity contribution in [2.75, 3.05) is 23.8 Å². The lowest BCUT2D eigenvalue weighted by molar-refractivity contribution is 0.0526. The highest BCUT2D eigenvalue weighted by molar-refractivity contribution is 7.17. The first-order chi connectivity index (χ1) is 13.1. The number of thiophene rings is 1. The molecule has 0 aliphatic heterocycles. The summed E-state index contributed by atoms with van der Waals surface area (Å²) < 4.78 is 10.6. The van der Waals surface area contributed by atoms with Crippen molar-refractivity contribution in [1.29, 1.82) is 0 Å². The first kappa shape index (κ1) is 19.2. The molecular formula is C20H24N2O4S. The second-order valence-electron chi connectivity index (χ2n) is 6.17. The Labute approximate surface area is 162 Å². The molecule has 1 aliphatic rings. The number of carbonyl (C=O) groups is 2. The molecule has 27 heavy (non-hydrogen) atoms. The fourth-order valence-electron chi connectivity index (χ4n) is 3.14. The minimum atomic E-state index is -0.386. The number of anilines is 2. The number of aryl methyl sites for hydroxylation is 1. The first-order valence-corrected chi connectivity index (χ1v) is 10.1. The standard InChI is InChI=1S/C20H24N2O4S/c1-3-25-14-11-9-13(10-12-14)21-20(24)22-18-17(19(23)26-4-2)15-7-5-6-8-16(15)27-18/h9-12H,3-8H2,1-2H3,(H2,21,22,24). The van der Waals surface area contributed by atoms with Crippen LogP contribution in [0.15, 0.2) is 24.3 Å². The summed E-state index contributed by atoms with van der Waals surface area (Å²) >= 11 is 1.47. The van der Waals surface area contributed by atoms with E-state index in [4.69, 9.17) is 9.47 Å². The zero-order chi connectivity index (χ0) is 19.2. The predicted molar refractivity (Wildman–Crippen MR) is 107 cm³/mol. The Kier molecular flexibility index (Phi) is 6.34. The van der Waals surface area contributed by atoms with Gasteiger partial charge in [0.15, 0.2) is 0 Å². The van der Waals surface area contributed by atoms with E-state index >= 15 is 0 Å². The molecule has 3 rings (SSSR count). The number of hydrogen-bond donors (Lipinski definition) is 2. The summed E-state index contributed by atoms with van der Waals surface area (Å²) in [5.41, 5.74) is 2.19. The molecule has 0 atom stereocenters. The summed E-state index contributed by atoms with van der Waals surface area (Å²) in [4.78, 5) is 26.0. The minimum Gasteiger partial charge on any atom is -0.494 e. The van der Waals surface area contributed by atoms with E-state index in [1.165, 1.54) is 16.2 Å². The predicted octanol–water partition coefficient (Wildman–Crippen LogP) is 4.85. The third kappa shape index (κ3) is 4.60. The summed E-state index contributed by atoms with van der Waals surface area (Å²) in [5, 5.41) is 6.18. The van der Waals surface area contributed by atoms with Gasteiger partial charge in [-0.15, -0.1) is 11.3 Å². The van der Waals surface area contributed by atoms with Crippen LogP contribution in [0.3, 0.4) is 0 Å². The molecule has 0 radical (unpaired) electrons. The normalized spacial score (nSPS) is 12.8. The number of hydrogen-bond acceptors (Lipinski definition) is 5. The molecule has 1 heterocycles. The average Bonchev–Trinajstić information content (AvgIpc) is 3.01. The molecule has 1 aliphatic carbocycles. The van der Waals surface area contributed by atoms with Crippen molar-refractivity contribution in [2.24, 2.45) is 0 Å². The summed E-state index contributed by atoms with van der Waals surface area (Å²) in [6, 6.07) is 6.76. The molecule has 0 fully saturated rings.